The van der Waals surface area contributed by atoms with Gasteiger partial charge in [0.25, 0.3) is 11.8 Å². The molecule has 1 aromatic carbocycles. The van der Waals surface area contributed by atoms with Gasteiger partial charge in [-0.15, -0.1) is 0 Å². The summed E-state index contributed by atoms with van der Waals surface area (Å²) in [6.45, 7) is 1.91. The molecular weight excluding hydrogens is 399 g/mol. The summed E-state index contributed by atoms with van der Waals surface area (Å²) in [5, 5.41) is 5.56. The van der Waals surface area contributed by atoms with E-state index in [2.05, 4.69) is 15.6 Å². The smallest absolute Gasteiger partial charge is 0.256 e. The van der Waals surface area contributed by atoms with Gasteiger partial charge < -0.3 is 20.5 Å². The minimum atomic E-state index is -0.422. The summed E-state index contributed by atoms with van der Waals surface area (Å²) in [6, 6.07) is 5.77. The van der Waals surface area contributed by atoms with Gasteiger partial charge in [-0.2, -0.15) is 0 Å². The lowest BCUT2D eigenvalue weighted by molar-refractivity contribution is -0.130. The van der Waals surface area contributed by atoms with Gasteiger partial charge in [-0.1, -0.05) is 6.42 Å². The van der Waals surface area contributed by atoms with Gasteiger partial charge in [0.05, 0.1) is 11.1 Å². The zero-order valence-corrected chi connectivity index (χ0v) is 17.2. The van der Waals surface area contributed by atoms with Crippen molar-refractivity contribution >= 4 is 35.1 Å². The number of H-pyrrole nitrogens is 1. The zero-order chi connectivity index (χ0) is 21.8. The van der Waals surface area contributed by atoms with E-state index < -0.39 is 5.82 Å². The molecule has 1 fully saturated rings. The third kappa shape index (κ3) is 4.84. The van der Waals surface area contributed by atoms with Crippen LogP contribution in [0.3, 0.4) is 0 Å². The Morgan fingerprint density at radius 3 is 2.94 bits per heavy atom. The molecule has 7 nitrogen and oxygen atoms in total. The fraction of sp³-hybridized carbons (Fsp3) is 0.348. The molecule has 1 aromatic heterocycles. The Balaban J connectivity index is 1.33. The van der Waals surface area contributed by atoms with E-state index in [0.717, 1.165) is 25.8 Å². The maximum absolute atomic E-state index is 13.6. The molecule has 31 heavy (non-hydrogen) atoms. The van der Waals surface area contributed by atoms with Gasteiger partial charge in [0, 0.05) is 49.2 Å². The summed E-state index contributed by atoms with van der Waals surface area (Å²) in [4.78, 5) is 41.5. The monoisotopic (exact) mass is 424 g/mol. The predicted octanol–water partition coefficient (Wildman–Crippen LogP) is 3.17. The van der Waals surface area contributed by atoms with E-state index in [1.165, 1.54) is 18.2 Å². The molecule has 3 heterocycles. The highest BCUT2D eigenvalue weighted by molar-refractivity contribution is 6.34. The Hall–Kier alpha value is -3.42. The van der Waals surface area contributed by atoms with Gasteiger partial charge in [-0.3, -0.25) is 14.4 Å². The number of benzene rings is 1. The maximum Gasteiger partial charge on any atom is 0.256 e. The van der Waals surface area contributed by atoms with E-state index in [0.29, 0.717) is 54.0 Å². The van der Waals surface area contributed by atoms with Gasteiger partial charge in [-0.05, 0) is 49.6 Å². The molecule has 2 aliphatic rings. The van der Waals surface area contributed by atoms with Gasteiger partial charge in [-0.25, -0.2) is 4.39 Å². The number of hydrogen-bond acceptors (Lipinski definition) is 3. The Kier molecular flexibility index (Phi) is 6.16. The van der Waals surface area contributed by atoms with Gasteiger partial charge in [0.2, 0.25) is 5.91 Å². The Morgan fingerprint density at radius 1 is 1.19 bits per heavy atom. The van der Waals surface area contributed by atoms with Crippen LogP contribution in [0.4, 0.5) is 10.1 Å². The van der Waals surface area contributed by atoms with Crippen LogP contribution in [0, 0.1) is 5.82 Å². The van der Waals surface area contributed by atoms with Crippen LogP contribution in [0.1, 0.15) is 53.7 Å². The quantitative estimate of drug-likeness (QED) is 0.491. The standard InChI is InChI=1S/C23H25FN4O3/c24-16-6-7-20-18(12-16)19(23(31)27-20)13-17-11-15(14-26-17)22(30)25-8-4-10-28-9-3-1-2-5-21(28)29/h6-7,11-14,26H,1-5,8-10H2,(H,25,30)(H,27,31)/b19-13-. The van der Waals surface area contributed by atoms with E-state index in [1.54, 1.807) is 18.3 Å². The first-order valence-corrected chi connectivity index (χ1v) is 10.6. The largest absolute Gasteiger partial charge is 0.361 e. The van der Waals surface area contributed by atoms with Gasteiger partial charge in [0.15, 0.2) is 0 Å². The lowest BCUT2D eigenvalue weighted by Crippen LogP contribution is -2.33. The Bertz CT molecular complexity index is 1040. The normalized spacial score (nSPS) is 17.5. The number of rotatable bonds is 6. The minimum absolute atomic E-state index is 0.199. The molecule has 4 rings (SSSR count). The van der Waals surface area contributed by atoms with E-state index in [1.807, 2.05) is 4.90 Å². The van der Waals surface area contributed by atoms with Crippen LogP contribution in [-0.4, -0.2) is 47.2 Å². The van der Waals surface area contributed by atoms with Gasteiger partial charge in [0.1, 0.15) is 5.82 Å². The van der Waals surface area contributed by atoms with Crippen LogP contribution in [0.15, 0.2) is 30.5 Å². The fourth-order valence-corrected chi connectivity index (χ4v) is 3.93. The number of hydrogen-bond donors (Lipinski definition) is 3. The summed E-state index contributed by atoms with van der Waals surface area (Å²) in [5.74, 6) is -0.770. The molecule has 2 aromatic rings. The molecule has 0 radical (unpaired) electrons. The molecule has 8 heteroatoms. The lowest BCUT2D eigenvalue weighted by atomic mass is 10.1. The van der Waals surface area contributed by atoms with Crippen molar-refractivity contribution in [3.8, 4) is 0 Å². The number of aromatic amines is 1. The van der Waals surface area contributed by atoms with Crippen molar-refractivity contribution in [3.63, 3.8) is 0 Å². The SMILES string of the molecule is O=C1Nc2ccc(F)cc2/C1=C/c1cc(C(=O)NCCCN2CCCCCC2=O)c[nH]1. The first kappa shape index (κ1) is 20.8. The number of fused-ring (bicyclic) bond motifs is 1. The van der Waals surface area contributed by atoms with Crippen LogP contribution in [0.2, 0.25) is 0 Å². The molecule has 0 unspecified atom stereocenters. The summed E-state index contributed by atoms with van der Waals surface area (Å²) in [7, 11) is 0. The van der Waals surface area contributed by atoms with E-state index in [-0.39, 0.29) is 17.7 Å². The number of halogens is 1. The molecule has 0 atom stereocenters. The molecule has 1 saturated heterocycles. The van der Waals surface area contributed by atoms with Crippen molar-refractivity contribution in [2.45, 2.75) is 32.1 Å². The number of amides is 3. The number of aromatic nitrogens is 1. The fourth-order valence-electron chi connectivity index (χ4n) is 3.93. The second kappa shape index (κ2) is 9.16. The molecule has 0 saturated carbocycles. The van der Waals surface area contributed by atoms with Crippen molar-refractivity contribution in [2.75, 3.05) is 25.0 Å². The number of carbonyl (C=O) groups excluding carboxylic acids is 3. The second-order valence-electron chi connectivity index (χ2n) is 7.85. The third-order valence-corrected chi connectivity index (χ3v) is 5.59. The molecule has 2 aliphatic heterocycles. The first-order valence-electron chi connectivity index (χ1n) is 10.6. The van der Waals surface area contributed by atoms with E-state index in [4.69, 9.17) is 0 Å². The van der Waals surface area contributed by atoms with Crippen LogP contribution in [-0.2, 0) is 9.59 Å². The van der Waals surface area contributed by atoms with Crippen LogP contribution >= 0.6 is 0 Å². The summed E-state index contributed by atoms with van der Waals surface area (Å²) in [5.41, 5.74) is 2.40. The minimum Gasteiger partial charge on any atom is -0.361 e. The number of likely N-dealkylation sites (tertiary alicyclic amines) is 1. The highest BCUT2D eigenvalue weighted by atomic mass is 19.1. The summed E-state index contributed by atoms with van der Waals surface area (Å²) in [6.07, 6.45) is 7.56. The highest BCUT2D eigenvalue weighted by Crippen LogP contribution is 2.33. The number of anilines is 1. The molecule has 3 amide bonds. The average molecular weight is 424 g/mol. The maximum atomic E-state index is 13.6. The average Bonchev–Trinajstić information content (AvgIpc) is 3.27. The van der Waals surface area contributed by atoms with E-state index in [9.17, 15) is 18.8 Å². The molecule has 0 spiro atoms. The molecule has 162 valence electrons. The third-order valence-electron chi connectivity index (χ3n) is 5.59. The van der Waals surface area contributed by atoms with Crippen molar-refractivity contribution in [1.82, 2.24) is 15.2 Å². The Morgan fingerprint density at radius 2 is 2.06 bits per heavy atom. The Labute approximate surface area is 179 Å². The van der Waals surface area contributed by atoms with E-state index >= 15 is 0 Å². The number of nitrogens with zero attached hydrogens (tertiary/aromatic N) is 1. The van der Waals surface area contributed by atoms with Crippen molar-refractivity contribution in [3.05, 3.63) is 53.1 Å². The summed E-state index contributed by atoms with van der Waals surface area (Å²) < 4.78 is 13.6. The van der Waals surface area contributed by atoms with Crippen LogP contribution < -0.4 is 10.6 Å². The second-order valence-corrected chi connectivity index (χ2v) is 7.85. The van der Waals surface area contributed by atoms with Crippen LogP contribution in [0.5, 0.6) is 0 Å². The van der Waals surface area contributed by atoms with Crippen molar-refractivity contribution in [2.24, 2.45) is 0 Å². The number of carbonyl (C=O) groups is 3. The van der Waals surface area contributed by atoms with Gasteiger partial charge >= 0.3 is 0 Å². The molecule has 3 N–H and O–H groups in total. The molecule has 0 bridgehead atoms. The topological polar surface area (TPSA) is 94.3 Å². The zero-order valence-electron chi connectivity index (χ0n) is 17.2. The lowest BCUT2D eigenvalue weighted by Gasteiger charge is -2.20. The number of nitrogens with one attached hydrogen (secondary N) is 3. The summed E-state index contributed by atoms with van der Waals surface area (Å²) >= 11 is 0. The van der Waals surface area contributed by atoms with Crippen LogP contribution in [0.25, 0.3) is 11.6 Å². The predicted molar refractivity (Wildman–Crippen MR) is 116 cm³/mol. The first-order chi connectivity index (χ1) is 15.0. The highest BCUT2D eigenvalue weighted by Gasteiger charge is 2.24. The molecule has 0 aliphatic carbocycles. The van der Waals surface area contributed by atoms with Crippen molar-refractivity contribution < 1.29 is 18.8 Å². The molecular formula is C23H25FN4O3. The van der Waals surface area contributed by atoms with Crippen molar-refractivity contribution in [1.29, 1.82) is 0 Å².